The van der Waals surface area contributed by atoms with Gasteiger partial charge in [0.2, 0.25) is 0 Å². The first-order valence-electron chi connectivity index (χ1n) is 5.69. The van der Waals surface area contributed by atoms with E-state index in [1.165, 1.54) is 0 Å². The molecule has 0 bridgehead atoms. The van der Waals surface area contributed by atoms with E-state index in [1.807, 2.05) is 6.07 Å². The topological polar surface area (TPSA) is 63.4 Å². The molecular formula is C12H16BrNO3. The fourth-order valence-electron chi connectivity index (χ4n) is 1.70. The summed E-state index contributed by atoms with van der Waals surface area (Å²) in [5.41, 5.74) is 0.962. The van der Waals surface area contributed by atoms with Gasteiger partial charge in [-0.05, 0) is 25.3 Å². The van der Waals surface area contributed by atoms with Crippen molar-refractivity contribution in [2.45, 2.75) is 32.1 Å². The smallest absolute Gasteiger partial charge is 0.273 e. The van der Waals surface area contributed by atoms with Crippen LogP contribution in [0.25, 0.3) is 0 Å². The first kappa shape index (κ1) is 14.1. The number of aliphatic hydroxyl groups is 1. The van der Waals surface area contributed by atoms with Crippen LogP contribution < -0.4 is 0 Å². The van der Waals surface area contributed by atoms with Crippen LogP contribution in [0.4, 0.5) is 5.69 Å². The van der Waals surface area contributed by atoms with Crippen molar-refractivity contribution in [2.24, 2.45) is 0 Å². The van der Waals surface area contributed by atoms with Crippen molar-refractivity contribution in [1.29, 1.82) is 0 Å². The van der Waals surface area contributed by atoms with Crippen molar-refractivity contribution in [3.63, 3.8) is 0 Å². The fraction of sp³-hybridized carbons (Fsp3) is 0.500. The second-order valence-electron chi connectivity index (χ2n) is 3.92. The quantitative estimate of drug-likeness (QED) is 0.476. The number of benzene rings is 1. The highest BCUT2D eigenvalue weighted by molar-refractivity contribution is 9.10. The highest BCUT2D eigenvalue weighted by atomic mass is 79.9. The molecule has 0 heterocycles. The van der Waals surface area contributed by atoms with Crippen LogP contribution in [0.2, 0.25) is 0 Å². The Hall–Kier alpha value is -0.940. The van der Waals surface area contributed by atoms with Gasteiger partial charge in [0.25, 0.3) is 5.69 Å². The summed E-state index contributed by atoms with van der Waals surface area (Å²) >= 11 is 3.23. The van der Waals surface area contributed by atoms with E-state index < -0.39 is 0 Å². The maximum Gasteiger partial charge on any atom is 0.273 e. The molecule has 0 atom stereocenters. The van der Waals surface area contributed by atoms with E-state index in [1.54, 1.807) is 12.1 Å². The molecule has 1 N–H and O–H groups in total. The minimum Gasteiger partial charge on any atom is -0.396 e. The highest BCUT2D eigenvalue weighted by Gasteiger charge is 2.13. The number of halogens is 1. The lowest BCUT2D eigenvalue weighted by molar-refractivity contribution is -0.385. The zero-order valence-corrected chi connectivity index (χ0v) is 11.1. The largest absolute Gasteiger partial charge is 0.396 e. The van der Waals surface area contributed by atoms with Gasteiger partial charge in [-0.2, -0.15) is 0 Å². The number of unbranched alkanes of at least 4 members (excludes halogenated alkanes) is 3. The van der Waals surface area contributed by atoms with E-state index in [-0.39, 0.29) is 17.2 Å². The van der Waals surface area contributed by atoms with Crippen LogP contribution in [0, 0.1) is 10.1 Å². The number of nitro benzene ring substituents is 1. The van der Waals surface area contributed by atoms with Crippen LogP contribution in [0.5, 0.6) is 0 Å². The monoisotopic (exact) mass is 301 g/mol. The molecule has 17 heavy (non-hydrogen) atoms. The van der Waals surface area contributed by atoms with Crippen molar-refractivity contribution in [1.82, 2.24) is 0 Å². The zero-order chi connectivity index (χ0) is 12.7. The van der Waals surface area contributed by atoms with Crippen LogP contribution in [-0.4, -0.2) is 16.6 Å². The van der Waals surface area contributed by atoms with Crippen molar-refractivity contribution < 1.29 is 10.0 Å². The van der Waals surface area contributed by atoms with Gasteiger partial charge in [-0.15, -0.1) is 0 Å². The number of rotatable bonds is 7. The third-order valence-corrected chi connectivity index (χ3v) is 3.09. The van der Waals surface area contributed by atoms with Crippen molar-refractivity contribution >= 4 is 21.6 Å². The number of nitro groups is 1. The Balaban J connectivity index is 2.55. The number of hydrogen-bond acceptors (Lipinski definition) is 3. The van der Waals surface area contributed by atoms with Crippen molar-refractivity contribution in [2.75, 3.05) is 6.61 Å². The lowest BCUT2D eigenvalue weighted by Gasteiger charge is -2.03. The summed E-state index contributed by atoms with van der Waals surface area (Å²) in [6, 6.07) is 5.17. The number of aryl methyl sites for hydroxylation is 1. The summed E-state index contributed by atoms with van der Waals surface area (Å²) < 4.78 is 0.730. The van der Waals surface area contributed by atoms with Gasteiger partial charge in [-0.3, -0.25) is 10.1 Å². The molecule has 0 aromatic heterocycles. The molecule has 0 radical (unpaired) electrons. The van der Waals surface area contributed by atoms with E-state index in [9.17, 15) is 10.1 Å². The zero-order valence-electron chi connectivity index (χ0n) is 9.56. The van der Waals surface area contributed by atoms with Gasteiger partial charge in [0.05, 0.1) is 4.92 Å². The molecule has 0 aliphatic heterocycles. The molecule has 1 rings (SSSR count). The lowest BCUT2D eigenvalue weighted by atomic mass is 10.0. The molecule has 4 nitrogen and oxygen atoms in total. The lowest BCUT2D eigenvalue weighted by Crippen LogP contribution is -1.96. The molecule has 0 saturated heterocycles. The number of nitrogens with zero attached hydrogens (tertiary/aromatic N) is 1. The Morgan fingerprint density at radius 3 is 2.59 bits per heavy atom. The first-order valence-corrected chi connectivity index (χ1v) is 6.48. The molecule has 1 aromatic rings. The molecule has 94 valence electrons. The van der Waals surface area contributed by atoms with Gasteiger partial charge in [-0.1, -0.05) is 34.8 Å². The average molecular weight is 302 g/mol. The number of aliphatic hydroxyl groups excluding tert-OH is 1. The Morgan fingerprint density at radius 1 is 1.24 bits per heavy atom. The minimum absolute atomic E-state index is 0.182. The second kappa shape index (κ2) is 7.40. The third kappa shape index (κ3) is 4.83. The molecule has 0 spiro atoms. The summed E-state index contributed by atoms with van der Waals surface area (Å²) in [6.07, 6.45) is 4.41. The Morgan fingerprint density at radius 2 is 1.94 bits per heavy atom. The van der Waals surface area contributed by atoms with Gasteiger partial charge < -0.3 is 5.11 Å². The Bertz CT molecular complexity index is 382. The van der Waals surface area contributed by atoms with Crippen molar-refractivity contribution in [3.05, 3.63) is 38.3 Å². The fourth-order valence-corrected chi connectivity index (χ4v) is 2.05. The van der Waals surface area contributed by atoms with Crippen LogP contribution in [0.3, 0.4) is 0 Å². The van der Waals surface area contributed by atoms with E-state index in [0.717, 1.165) is 42.1 Å². The Kier molecular flexibility index (Phi) is 6.15. The molecule has 0 saturated carbocycles. The molecule has 0 aliphatic carbocycles. The van der Waals surface area contributed by atoms with E-state index >= 15 is 0 Å². The van der Waals surface area contributed by atoms with Crippen LogP contribution in [0.15, 0.2) is 22.7 Å². The maximum atomic E-state index is 10.9. The molecule has 5 heteroatoms. The van der Waals surface area contributed by atoms with Gasteiger partial charge in [0.15, 0.2) is 0 Å². The number of hydrogen-bond donors (Lipinski definition) is 1. The molecule has 0 amide bonds. The molecule has 0 unspecified atom stereocenters. The second-order valence-corrected chi connectivity index (χ2v) is 4.83. The third-order valence-electron chi connectivity index (χ3n) is 2.60. The van der Waals surface area contributed by atoms with Gasteiger partial charge in [-0.25, -0.2) is 0 Å². The summed E-state index contributed by atoms with van der Waals surface area (Å²) in [5, 5.41) is 19.5. The predicted octanol–water partition coefficient (Wildman–Crippen LogP) is 3.45. The molecule has 0 aliphatic rings. The molecule has 1 aromatic carbocycles. The summed E-state index contributed by atoms with van der Waals surface area (Å²) in [7, 11) is 0. The summed E-state index contributed by atoms with van der Waals surface area (Å²) in [5.74, 6) is 0. The van der Waals surface area contributed by atoms with Gasteiger partial charge in [0, 0.05) is 22.7 Å². The minimum atomic E-state index is -0.339. The van der Waals surface area contributed by atoms with Gasteiger partial charge >= 0.3 is 0 Å². The van der Waals surface area contributed by atoms with E-state index in [2.05, 4.69) is 15.9 Å². The standard InChI is InChI=1S/C12H16BrNO3/c13-11-7-6-10(12(9-11)14(16)17)5-3-1-2-4-8-15/h6-7,9,15H,1-5,8H2. The molecular weight excluding hydrogens is 286 g/mol. The Labute approximate surface area is 109 Å². The average Bonchev–Trinajstić information content (AvgIpc) is 2.30. The van der Waals surface area contributed by atoms with Gasteiger partial charge in [0.1, 0.15) is 0 Å². The molecule has 0 fully saturated rings. The summed E-state index contributed by atoms with van der Waals surface area (Å²) in [6.45, 7) is 0.221. The normalized spacial score (nSPS) is 10.5. The summed E-state index contributed by atoms with van der Waals surface area (Å²) in [4.78, 5) is 10.5. The van der Waals surface area contributed by atoms with Crippen LogP contribution in [0.1, 0.15) is 31.2 Å². The first-order chi connectivity index (χ1) is 8.15. The van der Waals surface area contributed by atoms with Crippen molar-refractivity contribution in [3.8, 4) is 0 Å². The maximum absolute atomic E-state index is 10.9. The SMILES string of the molecule is O=[N+]([O-])c1cc(Br)ccc1CCCCCCO. The van der Waals surface area contributed by atoms with Crippen LogP contribution in [-0.2, 0) is 6.42 Å². The predicted molar refractivity (Wildman–Crippen MR) is 70.1 cm³/mol. The van der Waals surface area contributed by atoms with E-state index in [0.29, 0.717) is 0 Å². The van der Waals surface area contributed by atoms with E-state index in [4.69, 9.17) is 5.11 Å². The van der Waals surface area contributed by atoms with Crippen LogP contribution >= 0.6 is 15.9 Å². The highest BCUT2D eigenvalue weighted by Crippen LogP contribution is 2.25.